The number of anilines is 3. The van der Waals surface area contributed by atoms with Gasteiger partial charge >= 0.3 is 0 Å². The molecule has 4 aromatic rings. The van der Waals surface area contributed by atoms with Gasteiger partial charge < -0.3 is 20.2 Å². The number of hydrogen-bond acceptors (Lipinski definition) is 8. The maximum atomic E-state index is 13.3. The van der Waals surface area contributed by atoms with Crippen LogP contribution in [-0.4, -0.2) is 67.5 Å². The molecular weight excluding hydrogens is 530 g/mol. The summed E-state index contributed by atoms with van der Waals surface area (Å²) in [6.07, 6.45) is 1.88. The first-order chi connectivity index (χ1) is 19.8. The van der Waals surface area contributed by atoms with Gasteiger partial charge in [-0.2, -0.15) is 13.8 Å². The highest BCUT2D eigenvalue weighted by Crippen LogP contribution is 2.38. The van der Waals surface area contributed by atoms with E-state index in [1.807, 2.05) is 37.3 Å². The Morgan fingerprint density at radius 1 is 1.10 bits per heavy atom. The smallest absolute Gasteiger partial charge is 0.278 e. The van der Waals surface area contributed by atoms with Crippen LogP contribution in [0.25, 0.3) is 16.9 Å². The molecule has 0 saturated carbocycles. The number of piperazine rings is 1. The molecule has 0 unspecified atom stereocenters. The van der Waals surface area contributed by atoms with Gasteiger partial charge in [0.05, 0.1) is 12.2 Å². The Kier molecular flexibility index (Phi) is 7.04. The topological polar surface area (TPSA) is 104 Å². The van der Waals surface area contributed by atoms with Gasteiger partial charge in [0.2, 0.25) is 5.95 Å². The molecule has 1 aliphatic heterocycles. The second kappa shape index (κ2) is 10.7. The second-order valence-corrected chi connectivity index (χ2v) is 10.6. The van der Waals surface area contributed by atoms with Crippen LogP contribution < -0.4 is 15.8 Å². The third kappa shape index (κ3) is 5.08. The summed E-state index contributed by atoms with van der Waals surface area (Å²) in [6, 6.07) is 11.6. The number of pyridine rings is 1. The highest BCUT2D eigenvalue weighted by molar-refractivity contribution is 5.77. The molecular formula is C29H32F2N8O2. The van der Waals surface area contributed by atoms with Crippen molar-refractivity contribution < 1.29 is 13.9 Å². The SMILES string of the molecule is CC[C@@]1(O)CCc2ccc(-n3c4nc(Nc5ccc(N6CCN(C)CC6)cc5)ncc4c(=O)n3CC=C(F)F)nc21. The van der Waals surface area contributed by atoms with E-state index in [9.17, 15) is 18.7 Å². The van der Waals surface area contributed by atoms with Gasteiger partial charge in [-0.25, -0.2) is 19.3 Å². The van der Waals surface area contributed by atoms with Gasteiger partial charge in [-0.1, -0.05) is 13.0 Å². The van der Waals surface area contributed by atoms with Crippen molar-refractivity contribution in [2.24, 2.45) is 0 Å². The molecule has 41 heavy (non-hydrogen) atoms. The normalized spacial score (nSPS) is 19.0. The zero-order valence-corrected chi connectivity index (χ0v) is 23.0. The fourth-order valence-electron chi connectivity index (χ4n) is 5.60. The number of allylic oxidation sites excluding steroid dienone is 1. The molecule has 1 aromatic carbocycles. The summed E-state index contributed by atoms with van der Waals surface area (Å²) in [5, 5.41) is 14.5. The molecule has 1 atom stereocenters. The third-order valence-electron chi connectivity index (χ3n) is 8.10. The molecule has 1 aliphatic carbocycles. The number of aromatic nitrogens is 5. The molecule has 1 saturated heterocycles. The van der Waals surface area contributed by atoms with E-state index in [4.69, 9.17) is 4.98 Å². The van der Waals surface area contributed by atoms with Gasteiger partial charge in [0.15, 0.2) is 11.5 Å². The number of likely N-dealkylation sites (N-methyl/N-ethyl adjacent to an activating group) is 1. The third-order valence-corrected chi connectivity index (χ3v) is 8.10. The lowest BCUT2D eigenvalue weighted by Crippen LogP contribution is -2.44. The summed E-state index contributed by atoms with van der Waals surface area (Å²) in [5.41, 5.74) is 1.99. The quantitative estimate of drug-likeness (QED) is 0.351. The van der Waals surface area contributed by atoms with Crippen LogP contribution in [0.2, 0.25) is 0 Å². The number of hydrogen-bond donors (Lipinski definition) is 2. The van der Waals surface area contributed by atoms with Crippen molar-refractivity contribution in [3.63, 3.8) is 0 Å². The average Bonchev–Trinajstić information content (AvgIpc) is 3.46. The van der Waals surface area contributed by atoms with Gasteiger partial charge in [0.1, 0.15) is 11.0 Å². The van der Waals surface area contributed by atoms with E-state index in [1.54, 1.807) is 6.07 Å². The zero-order chi connectivity index (χ0) is 28.7. The first kappa shape index (κ1) is 27.0. The van der Waals surface area contributed by atoms with Crippen LogP contribution in [-0.2, 0) is 18.6 Å². The van der Waals surface area contributed by atoms with E-state index in [2.05, 4.69) is 32.1 Å². The Labute approximate surface area is 235 Å². The van der Waals surface area contributed by atoms with Gasteiger partial charge in [-0.05, 0) is 62.2 Å². The minimum atomic E-state index is -1.90. The van der Waals surface area contributed by atoms with Gasteiger partial charge in [-0.3, -0.25) is 4.79 Å². The molecule has 0 radical (unpaired) electrons. The number of aliphatic hydroxyl groups is 1. The maximum absolute atomic E-state index is 13.3. The lowest BCUT2D eigenvalue weighted by Gasteiger charge is -2.34. The predicted molar refractivity (Wildman–Crippen MR) is 153 cm³/mol. The molecule has 0 amide bonds. The predicted octanol–water partition coefficient (Wildman–Crippen LogP) is 3.80. The lowest BCUT2D eigenvalue weighted by molar-refractivity contribution is 0.0306. The van der Waals surface area contributed by atoms with Crippen LogP contribution in [0.3, 0.4) is 0 Å². The van der Waals surface area contributed by atoms with Crippen molar-refractivity contribution in [1.82, 2.24) is 29.2 Å². The van der Waals surface area contributed by atoms with Crippen molar-refractivity contribution in [1.29, 1.82) is 0 Å². The number of nitrogens with zero attached hydrogens (tertiary/aromatic N) is 7. The van der Waals surface area contributed by atoms with E-state index < -0.39 is 17.2 Å². The van der Waals surface area contributed by atoms with Crippen LogP contribution in [0.1, 0.15) is 31.0 Å². The van der Waals surface area contributed by atoms with Gasteiger partial charge in [0.25, 0.3) is 11.6 Å². The molecule has 0 bridgehead atoms. The average molecular weight is 563 g/mol. The summed E-state index contributed by atoms with van der Waals surface area (Å²) in [7, 11) is 2.12. The lowest BCUT2D eigenvalue weighted by atomic mass is 9.98. The highest BCUT2D eigenvalue weighted by atomic mass is 19.3. The first-order valence-electron chi connectivity index (χ1n) is 13.8. The minimum Gasteiger partial charge on any atom is -0.384 e. The zero-order valence-electron chi connectivity index (χ0n) is 23.0. The number of nitrogens with one attached hydrogen (secondary N) is 1. The van der Waals surface area contributed by atoms with Crippen LogP contribution in [0.4, 0.5) is 26.1 Å². The van der Waals surface area contributed by atoms with Crippen molar-refractivity contribution in [3.8, 4) is 5.82 Å². The molecule has 1 fully saturated rings. The second-order valence-electron chi connectivity index (χ2n) is 10.6. The van der Waals surface area contributed by atoms with Gasteiger partial charge in [-0.15, -0.1) is 0 Å². The summed E-state index contributed by atoms with van der Waals surface area (Å²) in [4.78, 5) is 31.6. The molecule has 214 valence electrons. The molecule has 12 heteroatoms. The van der Waals surface area contributed by atoms with E-state index in [-0.39, 0.29) is 23.5 Å². The Morgan fingerprint density at radius 3 is 2.56 bits per heavy atom. The van der Waals surface area contributed by atoms with Crippen molar-refractivity contribution in [3.05, 3.63) is 76.4 Å². The number of rotatable bonds is 7. The number of fused-ring (bicyclic) bond motifs is 2. The number of aryl methyl sites for hydroxylation is 1. The Hall–Kier alpha value is -4.16. The molecule has 0 spiro atoms. The number of benzene rings is 1. The molecule has 10 nitrogen and oxygen atoms in total. The van der Waals surface area contributed by atoms with E-state index in [1.165, 1.54) is 10.9 Å². The van der Waals surface area contributed by atoms with Gasteiger partial charge in [0, 0.05) is 49.8 Å². The Balaban J connectivity index is 1.38. The first-order valence-corrected chi connectivity index (χ1v) is 13.8. The fraction of sp³-hybridized carbons (Fsp3) is 0.379. The van der Waals surface area contributed by atoms with Crippen LogP contribution >= 0.6 is 0 Å². The standard InChI is InChI=1S/C29H32F2N8O2/c1-3-29(41)12-10-19-4-9-24(34-25(19)29)39-26-22(27(40)38(39)13-11-23(30)31)18-32-28(35-26)33-20-5-7-21(8-6-20)37-16-14-36(2)15-17-37/h4-9,11,18,41H,3,10,12-17H2,1-2H3,(H,32,33,35)/t29-/m1/s1. The summed E-state index contributed by atoms with van der Waals surface area (Å²) in [6.45, 7) is 5.46. The largest absolute Gasteiger partial charge is 0.384 e. The van der Waals surface area contributed by atoms with Crippen LogP contribution in [0.15, 0.2) is 59.5 Å². The van der Waals surface area contributed by atoms with Crippen molar-refractivity contribution >= 4 is 28.4 Å². The summed E-state index contributed by atoms with van der Waals surface area (Å²) < 4.78 is 28.7. The maximum Gasteiger partial charge on any atom is 0.278 e. The Morgan fingerprint density at radius 2 is 1.85 bits per heavy atom. The minimum absolute atomic E-state index is 0.168. The molecule has 4 heterocycles. The van der Waals surface area contributed by atoms with Crippen LogP contribution in [0.5, 0.6) is 0 Å². The van der Waals surface area contributed by atoms with Crippen molar-refractivity contribution in [2.45, 2.75) is 38.3 Å². The molecule has 2 aliphatic rings. The molecule has 3 aromatic heterocycles. The molecule has 2 N–H and O–H groups in total. The highest BCUT2D eigenvalue weighted by Gasteiger charge is 2.37. The van der Waals surface area contributed by atoms with Crippen molar-refractivity contribution in [2.75, 3.05) is 43.4 Å². The van der Waals surface area contributed by atoms with Crippen LogP contribution in [0, 0.1) is 0 Å². The summed E-state index contributed by atoms with van der Waals surface area (Å²) in [5.74, 6) is 0.549. The monoisotopic (exact) mass is 562 g/mol. The summed E-state index contributed by atoms with van der Waals surface area (Å²) >= 11 is 0. The fourth-order valence-corrected chi connectivity index (χ4v) is 5.60. The molecule has 6 rings (SSSR count). The van der Waals surface area contributed by atoms with E-state index in [0.29, 0.717) is 36.9 Å². The number of halogens is 2. The van der Waals surface area contributed by atoms with E-state index in [0.717, 1.165) is 47.8 Å². The van der Waals surface area contributed by atoms with E-state index >= 15 is 0 Å². The Bertz CT molecular complexity index is 1670.